The molecule has 0 radical (unpaired) electrons. The number of furan rings is 1. The first-order valence-corrected chi connectivity index (χ1v) is 6.72. The topological polar surface area (TPSA) is 30.2 Å². The van der Waals surface area contributed by atoms with Crippen LogP contribution in [0.3, 0.4) is 0 Å². The van der Waals surface area contributed by atoms with Crippen molar-refractivity contribution in [3.63, 3.8) is 0 Å². The number of ketones is 1. The van der Waals surface area contributed by atoms with Gasteiger partial charge in [0.15, 0.2) is 5.78 Å². The molecule has 0 bridgehead atoms. The fraction of sp³-hybridized carbons (Fsp3) is 0.667. The Kier molecular flexibility index (Phi) is 3.70. The number of hydrogen-bond acceptors (Lipinski definition) is 2. The van der Waals surface area contributed by atoms with Crippen LogP contribution < -0.4 is 0 Å². The SMILES string of the molecule is CCc1occc1C(=O)C1CC(C)CC(C)C1. The largest absolute Gasteiger partial charge is 0.469 e. The summed E-state index contributed by atoms with van der Waals surface area (Å²) in [5.74, 6) is 2.70. The number of rotatable bonds is 3. The van der Waals surface area contributed by atoms with E-state index in [1.807, 2.05) is 13.0 Å². The zero-order valence-corrected chi connectivity index (χ0v) is 11.0. The Bertz CT molecular complexity index is 381. The van der Waals surface area contributed by atoms with Crippen LogP contribution >= 0.6 is 0 Å². The Balaban J connectivity index is 2.14. The summed E-state index contributed by atoms with van der Waals surface area (Å²) in [5, 5.41) is 0. The molecule has 1 aliphatic rings. The highest BCUT2D eigenvalue weighted by Crippen LogP contribution is 2.35. The average Bonchev–Trinajstić information content (AvgIpc) is 2.74. The van der Waals surface area contributed by atoms with Crippen molar-refractivity contribution in [1.29, 1.82) is 0 Å². The Morgan fingerprint density at radius 1 is 1.29 bits per heavy atom. The van der Waals surface area contributed by atoms with Gasteiger partial charge in [-0.25, -0.2) is 0 Å². The molecule has 2 unspecified atom stereocenters. The zero-order valence-electron chi connectivity index (χ0n) is 11.0. The van der Waals surface area contributed by atoms with Crippen molar-refractivity contribution in [2.45, 2.75) is 46.5 Å². The summed E-state index contributed by atoms with van der Waals surface area (Å²) in [7, 11) is 0. The summed E-state index contributed by atoms with van der Waals surface area (Å²) in [5.41, 5.74) is 0.818. The van der Waals surface area contributed by atoms with Gasteiger partial charge in [0.25, 0.3) is 0 Å². The third-order valence-electron chi connectivity index (χ3n) is 3.88. The maximum atomic E-state index is 12.5. The maximum Gasteiger partial charge on any atom is 0.169 e. The van der Waals surface area contributed by atoms with Crippen LogP contribution in [-0.4, -0.2) is 5.78 Å². The fourth-order valence-electron chi connectivity index (χ4n) is 3.21. The van der Waals surface area contributed by atoms with E-state index in [4.69, 9.17) is 4.42 Å². The summed E-state index contributed by atoms with van der Waals surface area (Å²) in [6, 6.07) is 1.84. The molecule has 1 saturated carbocycles. The monoisotopic (exact) mass is 234 g/mol. The van der Waals surface area contributed by atoms with Crippen molar-refractivity contribution in [2.24, 2.45) is 17.8 Å². The van der Waals surface area contributed by atoms with Gasteiger partial charge in [0.05, 0.1) is 11.8 Å². The number of carbonyl (C=O) groups excluding carboxylic acids is 1. The van der Waals surface area contributed by atoms with E-state index < -0.39 is 0 Å². The van der Waals surface area contributed by atoms with E-state index >= 15 is 0 Å². The summed E-state index contributed by atoms with van der Waals surface area (Å²) >= 11 is 0. The number of Topliss-reactive ketones (excluding diaryl/α,β-unsaturated/α-hetero) is 1. The van der Waals surface area contributed by atoms with E-state index in [0.29, 0.717) is 17.6 Å². The second-order valence-electron chi connectivity index (χ2n) is 5.59. The molecular formula is C15H22O2. The molecule has 0 spiro atoms. The van der Waals surface area contributed by atoms with Crippen LogP contribution in [0.15, 0.2) is 16.7 Å². The van der Waals surface area contributed by atoms with Gasteiger partial charge in [-0.05, 0) is 37.2 Å². The van der Waals surface area contributed by atoms with Gasteiger partial charge in [-0.3, -0.25) is 4.79 Å². The van der Waals surface area contributed by atoms with Crippen molar-refractivity contribution >= 4 is 5.78 Å². The van der Waals surface area contributed by atoms with Crippen LogP contribution in [0.25, 0.3) is 0 Å². The summed E-state index contributed by atoms with van der Waals surface area (Å²) in [6.45, 7) is 6.54. The molecule has 2 heteroatoms. The highest BCUT2D eigenvalue weighted by atomic mass is 16.3. The molecule has 1 fully saturated rings. The van der Waals surface area contributed by atoms with E-state index in [0.717, 1.165) is 30.6 Å². The van der Waals surface area contributed by atoms with Crippen LogP contribution in [0.2, 0.25) is 0 Å². The zero-order chi connectivity index (χ0) is 12.4. The third-order valence-corrected chi connectivity index (χ3v) is 3.88. The van der Waals surface area contributed by atoms with Crippen LogP contribution in [-0.2, 0) is 6.42 Å². The molecule has 17 heavy (non-hydrogen) atoms. The number of carbonyl (C=O) groups is 1. The highest BCUT2D eigenvalue weighted by Gasteiger charge is 2.30. The lowest BCUT2D eigenvalue weighted by Crippen LogP contribution is -2.26. The van der Waals surface area contributed by atoms with E-state index in [2.05, 4.69) is 13.8 Å². The van der Waals surface area contributed by atoms with Crippen molar-refractivity contribution in [2.75, 3.05) is 0 Å². The second kappa shape index (κ2) is 5.07. The molecule has 0 aliphatic heterocycles. The van der Waals surface area contributed by atoms with E-state index in [9.17, 15) is 4.79 Å². The predicted molar refractivity (Wildman–Crippen MR) is 68.1 cm³/mol. The lowest BCUT2D eigenvalue weighted by molar-refractivity contribution is 0.0834. The molecule has 0 saturated heterocycles. The van der Waals surface area contributed by atoms with Crippen molar-refractivity contribution < 1.29 is 9.21 Å². The summed E-state index contributed by atoms with van der Waals surface area (Å²) < 4.78 is 5.36. The fourth-order valence-corrected chi connectivity index (χ4v) is 3.21. The molecule has 0 N–H and O–H groups in total. The highest BCUT2D eigenvalue weighted by molar-refractivity contribution is 5.98. The first-order chi connectivity index (χ1) is 8.11. The van der Waals surface area contributed by atoms with Crippen LogP contribution in [0.1, 0.15) is 56.2 Å². The first-order valence-electron chi connectivity index (χ1n) is 6.72. The standard InChI is InChI=1S/C15H22O2/c1-4-14-13(5-6-17-14)15(16)12-8-10(2)7-11(3)9-12/h5-6,10-12H,4,7-9H2,1-3H3. The van der Waals surface area contributed by atoms with Crippen molar-refractivity contribution in [3.8, 4) is 0 Å². The molecule has 0 amide bonds. The number of hydrogen-bond donors (Lipinski definition) is 0. The van der Waals surface area contributed by atoms with Gasteiger partial charge in [-0.15, -0.1) is 0 Å². The quantitative estimate of drug-likeness (QED) is 0.737. The first kappa shape index (κ1) is 12.4. The van der Waals surface area contributed by atoms with Gasteiger partial charge in [-0.1, -0.05) is 20.8 Å². The van der Waals surface area contributed by atoms with Gasteiger partial charge >= 0.3 is 0 Å². The molecule has 94 valence electrons. The maximum absolute atomic E-state index is 12.5. The van der Waals surface area contributed by atoms with Gasteiger partial charge < -0.3 is 4.42 Å². The minimum absolute atomic E-state index is 0.205. The van der Waals surface area contributed by atoms with E-state index in [1.54, 1.807) is 6.26 Å². The lowest BCUT2D eigenvalue weighted by atomic mass is 9.74. The Morgan fingerprint density at radius 2 is 1.94 bits per heavy atom. The predicted octanol–water partition coefficient (Wildman–Crippen LogP) is 4.10. The lowest BCUT2D eigenvalue weighted by Gasteiger charge is -2.30. The Hall–Kier alpha value is -1.05. The van der Waals surface area contributed by atoms with E-state index in [-0.39, 0.29) is 5.92 Å². The van der Waals surface area contributed by atoms with Gasteiger partial charge in [-0.2, -0.15) is 0 Å². The molecule has 1 aromatic rings. The van der Waals surface area contributed by atoms with Gasteiger partial charge in [0.1, 0.15) is 5.76 Å². The number of aryl methyl sites for hydroxylation is 1. The van der Waals surface area contributed by atoms with Crippen LogP contribution in [0.5, 0.6) is 0 Å². The minimum atomic E-state index is 0.205. The van der Waals surface area contributed by atoms with Crippen LogP contribution in [0, 0.1) is 17.8 Å². The summed E-state index contributed by atoms with van der Waals surface area (Å²) in [6.07, 6.45) is 5.78. The van der Waals surface area contributed by atoms with Gasteiger partial charge in [0.2, 0.25) is 0 Å². The van der Waals surface area contributed by atoms with Crippen molar-refractivity contribution in [3.05, 3.63) is 23.7 Å². The molecule has 1 aliphatic carbocycles. The normalized spacial score (nSPS) is 29.2. The smallest absolute Gasteiger partial charge is 0.169 e. The van der Waals surface area contributed by atoms with Gasteiger partial charge in [0, 0.05) is 12.3 Å². The molecule has 2 atom stereocenters. The Labute approximate surface area is 103 Å². The molecule has 0 aromatic carbocycles. The molecule has 2 nitrogen and oxygen atoms in total. The Morgan fingerprint density at radius 3 is 2.53 bits per heavy atom. The van der Waals surface area contributed by atoms with Crippen LogP contribution in [0.4, 0.5) is 0 Å². The molecular weight excluding hydrogens is 212 g/mol. The molecule has 1 heterocycles. The van der Waals surface area contributed by atoms with E-state index in [1.165, 1.54) is 6.42 Å². The second-order valence-corrected chi connectivity index (χ2v) is 5.59. The molecule has 1 aromatic heterocycles. The minimum Gasteiger partial charge on any atom is -0.469 e. The summed E-state index contributed by atoms with van der Waals surface area (Å²) in [4.78, 5) is 12.5. The molecule has 2 rings (SSSR count). The third kappa shape index (κ3) is 2.62. The van der Waals surface area contributed by atoms with Crippen molar-refractivity contribution in [1.82, 2.24) is 0 Å². The average molecular weight is 234 g/mol.